The normalized spacial score (nSPS) is 12.5. The molecule has 0 aromatic rings. The Hall–Kier alpha value is -2.89. The Morgan fingerprint density at radius 1 is 0.317 bits per heavy atom. The lowest BCUT2D eigenvalue weighted by atomic mass is 10.1. The Labute approximate surface area is 390 Å². The molecule has 0 saturated heterocycles. The van der Waals surface area contributed by atoms with E-state index in [9.17, 15) is 14.4 Å². The van der Waals surface area contributed by atoms with Gasteiger partial charge in [-0.25, -0.2) is 0 Å². The lowest BCUT2D eigenvalue weighted by Gasteiger charge is -2.18. The lowest BCUT2D eigenvalue weighted by Crippen LogP contribution is -2.30. The van der Waals surface area contributed by atoms with Gasteiger partial charge in [0.2, 0.25) is 0 Å². The molecule has 0 aliphatic heterocycles. The zero-order valence-electron chi connectivity index (χ0n) is 41.6. The van der Waals surface area contributed by atoms with E-state index in [4.69, 9.17) is 14.2 Å². The monoisotopic (exact) mass is 881 g/mol. The fraction of sp³-hybridized carbons (Fsp3) is 0.772. The molecule has 364 valence electrons. The SMILES string of the molecule is CCCC/C=C\CCCCCCCC(=O)OC[C@H](COC(=O)CCCCCCCCC/C=C\C/C=C\CCCCC)OC(=O)CCCCCCCCC/C=C\C/C=C\CCCCC. The quantitative estimate of drug-likeness (QED) is 0.0262. The molecule has 0 heterocycles. The summed E-state index contributed by atoms with van der Waals surface area (Å²) in [5.74, 6) is -0.904. The Morgan fingerprint density at radius 3 is 0.937 bits per heavy atom. The van der Waals surface area contributed by atoms with Crippen LogP contribution in [0.2, 0.25) is 0 Å². The molecule has 0 aromatic carbocycles. The summed E-state index contributed by atoms with van der Waals surface area (Å²) >= 11 is 0. The van der Waals surface area contributed by atoms with Gasteiger partial charge >= 0.3 is 17.9 Å². The molecular formula is C57H100O6. The van der Waals surface area contributed by atoms with E-state index in [1.807, 2.05) is 0 Å². The summed E-state index contributed by atoms with van der Waals surface area (Å²) in [6.07, 6.45) is 63.4. The first kappa shape index (κ1) is 60.1. The molecule has 0 saturated carbocycles. The maximum atomic E-state index is 12.8. The molecule has 0 N–H and O–H groups in total. The van der Waals surface area contributed by atoms with Crippen molar-refractivity contribution in [2.24, 2.45) is 0 Å². The summed E-state index contributed by atoms with van der Waals surface area (Å²) in [5, 5.41) is 0. The van der Waals surface area contributed by atoms with Crippen LogP contribution in [0, 0.1) is 0 Å². The highest BCUT2D eigenvalue weighted by atomic mass is 16.6. The fourth-order valence-corrected chi connectivity index (χ4v) is 7.37. The molecule has 0 unspecified atom stereocenters. The second kappa shape index (κ2) is 51.7. The van der Waals surface area contributed by atoms with Gasteiger partial charge in [0.05, 0.1) is 0 Å². The summed E-state index contributed by atoms with van der Waals surface area (Å²) in [6.45, 7) is 6.54. The molecular weight excluding hydrogens is 781 g/mol. The van der Waals surface area contributed by atoms with Crippen molar-refractivity contribution >= 4 is 17.9 Å². The highest BCUT2D eigenvalue weighted by Crippen LogP contribution is 2.14. The van der Waals surface area contributed by atoms with Crippen molar-refractivity contribution < 1.29 is 28.6 Å². The van der Waals surface area contributed by atoms with Gasteiger partial charge in [-0.1, -0.05) is 204 Å². The Kier molecular flexibility index (Phi) is 49.4. The molecule has 0 spiro atoms. The van der Waals surface area contributed by atoms with Gasteiger partial charge in [0.1, 0.15) is 13.2 Å². The van der Waals surface area contributed by atoms with E-state index in [-0.39, 0.29) is 31.1 Å². The number of hydrogen-bond donors (Lipinski definition) is 0. The van der Waals surface area contributed by atoms with Gasteiger partial charge in [0.25, 0.3) is 0 Å². The van der Waals surface area contributed by atoms with Gasteiger partial charge < -0.3 is 14.2 Å². The molecule has 0 fully saturated rings. The number of unbranched alkanes of at least 4 members (excludes halogenated alkanes) is 27. The summed E-state index contributed by atoms with van der Waals surface area (Å²) in [7, 11) is 0. The van der Waals surface area contributed by atoms with E-state index < -0.39 is 6.10 Å². The topological polar surface area (TPSA) is 78.9 Å². The van der Waals surface area contributed by atoms with Gasteiger partial charge in [-0.05, 0) is 103 Å². The minimum atomic E-state index is -0.784. The molecule has 0 amide bonds. The predicted molar refractivity (Wildman–Crippen MR) is 270 cm³/mol. The van der Waals surface area contributed by atoms with Crippen LogP contribution in [0.3, 0.4) is 0 Å². The van der Waals surface area contributed by atoms with E-state index in [0.717, 1.165) is 89.9 Å². The standard InChI is InChI=1S/C57H100O6/c1-4-7-10-13-16-19-22-24-26-28-30-32-35-38-41-44-47-50-56(59)62-53-54(52-61-55(58)49-46-43-40-37-34-21-18-15-12-9-6-3)63-57(60)51-48-45-42-39-36-33-31-29-27-25-23-20-17-14-11-8-5-2/h15-20,24-27,54H,4-14,21-23,28-53H2,1-3H3/b18-15-,19-16-,20-17-,26-24-,27-25-/t54-/m1/s1. The van der Waals surface area contributed by atoms with Crippen LogP contribution in [0.5, 0.6) is 0 Å². The van der Waals surface area contributed by atoms with Crippen molar-refractivity contribution in [2.75, 3.05) is 13.2 Å². The number of ether oxygens (including phenoxy) is 3. The second-order valence-electron chi connectivity index (χ2n) is 17.8. The van der Waals surface area contributed by atoms with E-state index in [1.54, 1.807) is 0 Å². The van der Waals surface area contributed by atoms with Crippen LogP contribution >= 0.6 is 0 Å². The highest BCUT2D eigenvalue weighted by molar-refractivity contribution is 5.71. The van der Waals surface area contributed by atoms with Crippen LogP contribution in [0.15, 0.2) is 60.8 Å². The molecule has 0 aliphatic rings. The lowest BCUT2D eigenvalue weighted by molar-refractivity contribution is -0.167. The van der Waals surface area contributed by atoms with Crippen LogP contribution in [-0.4, -0.2) is 37.2 Å². The molecule has 63 heavy (non-hydrogen) atoms. The first-order chi connectivity index (χ1) is 31.0. The first-order valence-electron chi connectivity index (χ1n) is 26.8. The van der Waals surface area contributed by atoms with E-state index >= 15 is 0 Å². The van der Waals surface area contributed by atoms with Gasteiger partial charge in [0.15, 0.2) is 6.10 Å². The third-order valence-corrected chi connectivity index (χ3v) is 11.5. The minimum Gasteiger partial charge on any atom is -0.462 e. The second-order valence-corrected chi connectivity index (χ2v) is 17.8. The van der Waals surface area contributed by atoms with Crippen LogP contribution < -0.4 is 0 Å². The average Bonchev–Trinajstić information content (AvgIpc) is 3.28. The molecule has 1 atom stereocenters. The van der Waals surface area contributed by atoms with Crippen molar-refractivity contribution in [1.82, 2.24) is 0 Å². The van der Waals surface area contributed by atoms with E-state index in [0.29, 0.717) is 19.3 Å². The molecule has 6 nitrogen and oxygen atoms in total. The third-order valence-electron chi connectivity index (χ3n) is 11.5. The molecule has 0 rings (SSSR count). The van der Waals surface area contributed by atoms with Crippen LogP contribution in [0.4, 0.5) is 0 Å². The van der Waals surface area contributed by atoms with E-state index in [1.165, 1.54) is 135 Å². The maximum Gasteiger partial charge on any atom is 0.306 e. The van der Waals surface area contributed by atoms with Gasteiger partial charge in [-0.3, -0.25) is 14.4 Å². The van der Waals surface area contributed by atoms with Gasteiger partial charge in [-0.15, -0.1) is 0 Å². The molecule has 0 aromatic heterocycles. The van der Waals surface area contributed by atoms with Crippen molar-refractivity contribution in [3.8, 4) is 0 Å². The van der Waals surface area contributed by atoms with Crippen LogP contribution in [-0.2, 0) is 28.6 Å². The summed E-state index contributed by atoms with van der Waals surface area (Å²) in [4.78, 5) is 38.0. The van der Waals surface area contributed by atoms with Crippen molar-refractivity contribution in [3.63, 3.8) is 0 Å². The van der Waals surface area contributed by atoms with E-state index in [2.05, 4.69) is 81.5 Å². The summed E-state index contributed by atoms with van der Waals surface area (Å²) in [6, 6.07) is 0. The smallest absolute Gasteiger partial charge is 0.306 e. The highest BCUT2D eigenvalue weighted by Gasteiger charge is 2.19. The van der Waals surface area contributed by atoms with Crippen LogP contribution in [0.25, 0.3) is 0 Å². The number of carbonyl (C=O) groups excluding carboxylic acids is 3. The number of esters is 3. The molecule has 0 aliphatic carbocycles. The average molecular weight is 881 g/mol. The molecule has 0 radical (unpaired) electrons. The number of rotatable bonds is 48. The van der Waals surface area contributed by atoms with Crippen molar-refractivity contribution in [2.45, 2.75) is 271 Å². The Bertz CT molecular complexity index is 1150. The summed E-state index contributed by atoms with van der Waals surface area (Å²) < 4.78 is 16.8. The summed E-state index contributed by atoms with van der Waals surface area (Å²) in [5.41, 5.74) is 0. The zero-order chi connectivity index (χ0) is 45.8. The van der Waals surface area contributed by atoms with Gasteiger partial charge in [0, 0.05) is 19.3 Å². The Balaban J connectivity index is 4.38. The number of hydrogen-bond acceptors (Lipinski definition) is 6. The number of carbonyl (C=O) groups is 3. The van der Waals surface area contributed by atoms with Gasteiger partial charge in [-0.2, -0.15) is 0 Å². The Morgan fingerprint density at radius 2 is 0.587 bits per heavy atom. The third kappa shape index (κ3) is 50.0. The maximum absolute atomic E-state index is 12.8. The largest absolute Gasteiger partial charge is 0.462 e. The zero-order valence-corrected chi connectivity index (χ0v) is 41.6. The minimum absolute atomic E-state index is 0.0840. The van der Waals surface area contributed by atoms with Crippen LogP contribution in [0.1, 0.15) is 265 Å². The molecule has 0 bridgehead atoms. The van der Waals surface area contributed by atoms with Crippen molar-refractivity contribution in [3.05, 3.63) is 60.8 Å². The van der Waals surface area contributed by atoms with Crippen molar-refractivity contribution in [1.29, 1.82) is 0 Å². The fourth-order valence-electron chi connectivity index (χ4n) is 7.37. The molecule has 6 heteroatoms. The number of allylic oxidation sites excluding steroid dienone is 10. The first-order valence-corrected chi connectivity index (χ1v) is 26.8. The predicted octanol–water partition coefficient (Wildman–Crippen LogP) is 17.6.